The van der Waals surface area contributed by atoms with E-state index >= 15 is 0 Å². The largest absolute Gasteiger partial charge is 0.382 e. The third-order valence-corrected chi connectivity index (χ3v) is 3.32. The number of carbonyl (C=O) groups is 1. The van der Waals surface area contributed by atoms with E-state index in [9.17, 15) is 4.79 Å². The van der Waals surface area contributed by atoms with Gasteiger partial charge in [-0.15, -0.1) is 0 Å². The normalized spacial score (nSPS) is 22.2. The van der Waals surface area contributed by atoms with Gasteiger partial charge in [0.15, 0.2) is 0 Å². The van der Waals surface area contributed by atoms with Crippen molar-refractivity contribution in [3.05, 3.63) is 29.8 Å². The maximum Gasteiger partial charge on any atom is 0.251 e. The maximum absolute atomic E-state index is 11.7. The highest BCUT2D eigenvalue weighted by molar-refractivity contribution is 5.95. The molecule has 2 rings (SSSR count). The molecule has 1 heterocycles. The molecule has 0 aliphatic carbocycles. The van der Waals surface area contributed by atoms with Crippen molar-refractivity contribution in [3.63, 3.8) is 0 Å². The molecule has 1 aliphatic rings. The number of amides is 1. The Morgan fingerprint density at radius 2 is 2.26 bits per heavy atom. The first-order chi connectivity index (χ1) is 9.19. The number of benzene rings is 1. The Morgan fingerprint density at radius 3 is 2.95 bits per heavy atom. The van der Waals surface area contributed by atoms with E-state index in [4.69, 9.17) is 4.74 Å². The van der Waals surface area contributed by atoms with Gasteiger partial charge >= 0.3 is 0 Å². The zero-order chi connectivity index (χ0) is 13.7. The summed E-state index contributed by atoms with van der Waals surface area (Å²) in [6.45, 7) is 5.46. The fourth-order valence-corrected chi connectivity index (χ4v) is 2.30. The van der Waals surface area contributed by atoms with Crippen LogP contribution in [0.2, 0.25) is 0 Å². The van der Waals surface area contributed by atoms with E-state index in [0.29, 0.717) is 18.2 Å². The molecule has 0 saturated carbocycles. The lowest BCUT2D eigenvalue weighted by Crippen LogP contribution is -2.23. The maximum atomic E-state index is 11.7. The molecule has 0 radical (unpaired) electrons. The number of rotatable bonds is 5. The summed E-state index contributed by atoms with van der Waals surface area (Å²) >= 11 is 0. The quantitative estimate of drug-likeness (QED) is 0.856. The van der Waals surface area contributed by atoms with Gasteiger partial charge in [0.25, 0.3) is 5.91 Å². The molecule has 1 amide bonds. The Kier molecular flexibility index (Phi) is 4.80. The molecular weight excluding hydrogens is 240 g/mol. The zero-order valence-electron chi connectivity index (χ0n) is 11.6. The molecule has 4 nitrogen and oxygen atoms in total. The average Bonchev–Trinajstić information content (AvgIpc) is 2.83. The number of nitrogens with one attached hydrogen (secondary N) is 2. The molecule has 2 unspecified atom stereocenters. The molecule has 1 saturated heterocycles. The molecule has 0 aromatic heterocycles. The molecule has 0 bridgehead atoms. The van der Waals surface area contributed by atoms with Crippen molar-refractivity contribution >= 4 is 11.6 Å². The Balaban J connectivity index is 1.90. The van der Waals surface area contributed by atoms with Gasteiger partial charge in [-0.1, -0.05) is 6.07 Å². The van der Waals surface area contributed by atoms with E-state index in [-0.39, 0.29) is 12.0 Å². The van der Waals surface area contributed by atoms with Crippen LogP contribution in [0.4, 0.5) is 5.69 Å². The molecule has 1 fully saturated rings. The van der Waals surface area contributed by atoms with E-state index in [1.165, 1.54) is 0 Å². The monoisotopic (exact) mass is 262 g/mol. The van der Waals surface area contributed by atoms with Crippen LogP contribution in [0.5, 0.6) is 0 Å². The van der Waals surface area contributed by atoms with Crippen molar-refractivity contribution in [2.45, 2.75) is 38.9 Å². The predicted molar refractivity (Wildman–Crippen MR) is 76.5 cm³/mol. The lowest BCUT2D eigenvalue weighted by atomic mass is 10.1. The summed E-state index contributed by atoms with van der Waals surface area (Å²) in [7, 11) is 0. The summed E-state index contributed by atoms with van der Waals surface area (Å²) < 4.78 is 5.76. The van der Waals surface area contributed by atoms with Crippen LogP contribution in [0.1, 0.15) is 37.0 Å². The topological polar surface area (TPSA) is 50.4 Å². The molecule has 104 valence electrons. The number of carbonyl (C=O) groups excluding carboxylic acids is 1. The van der Waals surface area contributed by atoms with Crippen molar-refractivity contribution in [3.8, 4) is 0 Å². The predicted octanol–water partition coefficient (Wildman–Crippen LogP) is 2.42. The fraction of sp³-hybridized carbons (Fsp3) is 0.533. The van der Waals surface area contributed by atoms with Gasteiger partial charge in [-0.3, -0.25) is 4.79 Å². The van der Waals surface area contributed by atoms with Crippen molar-refractivity contribution in [1.29, 1.82) is 0 Å². The van der Waals surface area contributed by atoms with Gasteiger partial charge < -0.3 is 15.4 Å². The van der Waals surface area contributed by atoms with Gasteiger partial charge in [0, 0.05) is 24.3 Å². The fourth-order valence-electron chi connectivity index (χ4n) is 2.30. The minimum absolute atomic E-state index is 0.0307. The zero-order valence-corrected chi connectivity index (χ0v) is 11.6. The molecule has 2 atom stereocenters. The summed E-state index contributed by atoms with van der Waals surface area (Å²) in [5.74, 6) is -0.0307. The van der Waals surface area contributed by atoms with E-state index in [1.54, 1.807) is 0 Å². The van der Waals surface area contributed by atoms with Gasteiger partial charge in [-0.2, -0.15) is 0 Å². The minimum Gasteiger partial charge on any atom is -0.382 e. The Morgan fingerprint density at radius 1 is 1.42 bits per heavy atom. The number of hydrogen-bond donors (Lipinski definition) is 2. The minimum atomic E-state index is -0.0307. The number of ether oxygens (including phenoxy) is 1. The van der Waals surface area contributed by atoms with Crippen molar-refractivity contribution in [1.82, 2.24) is 5.32 Å². The first kappa shape index (κ1) is 13.9. The smallest absolute Gasteiger partial charge is 0.251 e. The second-order valence-corrected chi connectivity index (χ2v) is 4.97. The second-order valence-electron chi connectivity index (χ2n) is 4.97. The molecule has 1 aromatic rings. The van der Waals surface area contributed by atoms with Gasteiger partial charge in [-0.25, -0.2) is 0 Å². The number of anilines is 1. The van der Waals surface area contributed by atoms with Gasteiger partial charge in [0.2, 0.25) is 0 Å². The second kappa shape index (κ2) is 6.57. The Bertz CT molecular complexity index is 434. The summed E-state index contributed by atoms with van der Waals surface area (Å²) in [4.78, 5) is 11.7. The van der Waals surface area contributed by atoms with Gasteiger partial charge in [0.05, 0.1) is 12.2 Å². The van der Waals surface area contributed by atoms with Gasteiger partial charge in [-0.05, 0) is 44.9 Å². The van der Waals surface area contributed by atoms with Crippen molar-refractivity contribution in [2.75, 3.05) is 18.4 Å². The number of hydrogen-bond acceptors (Lipinski definition) is 3. The van der Waals surface area contributed by atoms with Crippen LogP contribution < -0.4 is 10.6 Å². The lowest BCUT2D eigenvalue weighted by Gasteiger charge is -2.13. The molecular formula is C15H22N2O2. The van der Waals surface area contributed by atoms with E-state index in [2.05, 4.69) is 17.6 Å². The molecule has 0 spiro atoms. The van der Waals surface area contributed by atoms with Crippen LogP contribution in [-0.4, -0.2) is 31.2 Å². The molecule has 4 heteroatoms. The lowest BCUT2D eigenvalue weighted by molar-refractivity contribution is 0.0637. The van der Waals surface area contributed by atoms with Crippen LogP contribution >= 0.6 is 0 Å². The van der Waals surface area contributed by atoms with E-state index in [0.717, 1.165) is 25.1 Å². The summed E-state index contributed by atoms with van der Waals surface area (Å²) in [6, 6.07) is 7.57. The van der Waals surface area contributed by atoms with E-state index in [1.807, 2.05) is 31.2 Å². The van der Waals surface area contributed by atoms with Crippen LogP contribution in [-0.2, 0) is 4.74 Å². The first-order valence-corrected chi connectivity index (χ1v) is 6.96. The third-order valence-electron chi connectivity index (χ3n) is 3.32. The van der Waals surface area contributed by atoms with Crippen molar-refractivity contribution in [2.24, 2.45) is 0 Å². The van der Waals surface area contributed by atoms with Crippen LogP contribution in [0, 0.1) is 0 Å². The van der Waals surface area contributed by atoms with E-state index < -0.39 is 0 Å². The summed E-state index contributed by atoms with van der Waals surface area (Å²) in [5, 5.41) is 6.14. The highest BCUT2D eigenvalue weighted by Gasteiger charge is 2.21. The highest BCUT2D eigenvalue weighted by atomic mass is 16.5. The van der Waals surface area contributed by atoms with Crippen LogP contribution in [0.3, 0.4) is 0 Å². The Labute approximate surface area is 114 Å². The van der Waals surface area contributed by atoms with Crippen molar-refractivity contribution < 1.29 is 9.53 Å². The SMILES string of the molecule is CCNC(=O)c1cccc(NCC2CCC(C)O2)c1. The Hall–Kier alpha value is -1.55. The summed E-state index contributed by atoms with van der Waals surface area (Å²) in [5.41, 5.74) is 1.65. The average molecular weight is 262 g/mol. The van der Waals surface area contributed by atoms with Crippen LogP contribution in [0.25, 0.3) is 0 Å². The molecule has 1 aromatic carbocycles. The molecule has 2 N–H and O–H groups in total. The molecule has 19 heavy (non-hydrogen) atoms. The highest BCUT2D eigenvalue weighted by Crippen LogP contribution is 2.20. The van der Waals surface area contributed by atoms with Gasteiger partial charge in [0.1, 0.15) is 0 Å². The summed E-state index contributed by atoms with van der Waals surface area (Å²) in [6.07, 6.45) is 2.88. The van der Waals surface area contributed by atoms with Crippen LogP contribution in [0.15, 0.2) is 24.3 Å². The molecule has 1 aliphatic heterocycles. The third kappa shape index (κ3) is 3.96. The standard InChI is InChI=1S/C15H22N2O2/c1-3-16-15(18)12-5-4-6-13(9-12)17-10-14-8-7-11(2)19-14/h4-6,9,11,14,17H,3,7-8,10H2,1-2H3,(H,16,18). The first-order valence-electron chi connectivity index (χ1n) is 6.96.